The Kier molecular flexibility index (Phi) is 3.72. The molecule has 0 aliphatic carbocycles. The molecular weight excluding hydrogens is 220 g/mol. The number of thioether (sulfide) groups is 1. The summed E-state index contributed by atoms with van der Waals surface area (Å²) in [5.74, 6) is 2.01. The van der Waals surface area contributed by atoms with Gasteiger partial charge in [-0.15, -0.1) is 0 Å². The van der Waals surface area contributed by atoms with Crippen LogP contribution in [0.4, 0.5) is 0 Å². The first-order valence-electron chi connectivity index (χ1n) is 5.35. The second kappa shape index (κ2) is 5.25. The van der Waals surface area contributed by atoms with Crippen molar-refractivity contribution in [2.75, 3.05) is 12.9 Å². The van der Waals surface area contributed by atoms with Gasteiger partial charge >= 0.3 is 0 Å². The monoisotopic (exact) mass is 236 g/mol. The molecule has 3 nitrogen and oxygen atoms in total. The minimum absolute atomic E-state index is 0.529. The van der Waals surface area contributed by atoms with Crippen LogP contribution in [0, 0.1) is 0 Å². The van der Waals surface area contributed by atoms with Crippen molar-refractivity contribution in [1.29, 1.82) is 0 Å². The van der Waals surface area contributed by atoms with Gasteiger partial charge in [0.2, 0.25) is 0 Å². The molecule has 1 heterocycles. The lowest BCUT2D eigenvalue weighted by atomic mass is 10.2. The molecule has 0 bridgehead atoms. The molecule has 16 heavy (non-hydrogen) atoms. The normalized spacial score (nSPS) is 22.1. The van der Waals surface area contributed by atoms with Crippen LogP contribution in [0.15, 0.2) is 29.3 Å². The predicted molar refractivity (Wildman–Crippen MR) is 69.2 cm³/mol. The average Bonchev–Trinajstić information content (AvgIpc) is 2.73. The van der Waals surface area contributed by atoms with Gasteiger partial charge in [-0.1, -0.05) is 30.0 Å². The first-order chi connectivity index (χ1) is 7.79. The van der Waals surface area contributed by atoms with Crippen molar-refractivity contribution in [3.8, 4) is 5.75 Å². The maximum Gasteiger partial charge on any atom is 0.157 e. The van der Waals surface area contributed by atoms with E-state index in [2.05, 4.69) is 17.2 Å². The first kappa shape index (κ1) is 11.3. The zero-order valence-electron chi connectivity index (χ0n) is 9.56. The van der Waals surface area contributed by atoms with Gasteiger partial charge in [-0.3, -0.25) is 4.99 Å². The van der Waals surface area contributed by atoms with Crippen LogP contribution >= 0.6 is 11.8 Å². The van der Waals surface area contributed by atoms with Crippen LogP contribution in [0.3, 0.4) is 0 Å². The molecular formula is C12H16N2OS. The van der Waals surface area contributed by atoms with Crippen LogP contribution in [-0.4, -0.2) is 24.1 Å². The number of amidine groups is 1. The lowest BCUT2D eigenvalue weighted by Gasteiger charge is -2.06. The highest BCUT2D eigenvalue weighted by Crippen LogP contribution is 2.20. The van der Waals surface area contributed by atoms with Crippen LogP contribution < -0.4 is 10.1 Å². The second-order valence-electron chi connectivity index (χ2n) is 3.79. The predicted octanol–water partition coefficient (Wildman–Crippen LogP) is 2.28. The van der Waals surface area contributed by atoms with Crippen LogP contribution in [0.5, 0.6) is 5.75 Å². The maximum atomic E-state index is 5.29. The molecule has 4 heteroatoms. The average molecular weight is 236 g/mol. The van der Waals surface area contributed by atoms with Crippen molar-refractivity contribution in [2.45, 2.75) is 19.5 Å². The molecule has 2 rings (SSSR count). The molecule has 0 spiro atoms. The van der Waals surface area contributed by atoms with E-state index < -0.39 is 0 Å². The third-order valence-electron chi connectivity index (χ3n) is 2.43. The molecule has 1 aliphatic rings. The Balaban J connectivity index is 2.04. The number of methoxy groups -OCH3 is 1. The van der Waals surface area contributed by atoms with E-state index in [1.54, 1.807) is 18.9 Å². The summed E-state index contributed by atoms with van der Waals surface area (Å²) in [6.45, 7) is 2.84. The van der Waals surface area contributed by atoms with Crippen molar-refractivity contribution >= 4 is 16.9 Å². The van der Waals surface area contributed by atoms with Gasteiger partial charge in [0.25, 0.3) is 0 Å². The molecule has 1 aromatic carbocycles. The molecule has 0 radical (unpaired) electrons. The summed E-state index contributed by atoms with van der Waals surface area (Å²) in [5.41, 5.74) is 1.12. The van der Waals surface area contributed by atoms with E-state index in [9.17, 15) is 0 Å². The highest BCUT2D eigenvalue weighted by Gasteiger charge is 2.15. The van der Waals surface area contributed by atoms with E-state index in [1.807, 2.05) is 24.3 Å². The summed E-state index contributed by atoms with van der Waals surface area (Å²) in [7, 11) is 1.69. The molecule has 86 valence electrons. The third-order valence-corrected chi connectivity index (χ3v) is 3.61. The number of ether oxygens (including phenoxy) is 1. The summed E-state index contributed by atoms with van der Waals surface area (Å²) in [6.07, 6.45) is 0. The molecule has 1 fully saturated rings. The maximum absolute atomic E-state index is 5.29. The van der Waals surface area contributed by atoms with Crippen molar-refractivity contribution in [2.24, 2.45) is 4.99 Å². The lowest BCUT2D eigenvalue weighted by Crippen LogP contribution is -2.23. The standard InChI is InChI=1S/C12H16N2OS/c1-9-8-16-12(14-9)13-7-10-5-3-4-6-11(10)15-2/h3-6,9H,7-8H2,1-2H3,(H,13,14). The summed E-state index contributed by atoms with van der Waals surface area (Å²) in [4.78, 5) is 4.54. The third kappa shape index (κ3) is 2.70. The van der Waals surface area contributed by atoms with Crippen LogP contribution in [0.2, 0.25) is 0 Å². The van der Waals surface area contributed by atoms with Gasteiger partial charge in [-0.05, 0) is 13.0 Å². The lowest BCUT2D eigenvalue weighted by molar-refractivity contribution is 0.410. The highest BCUT2D eigenvalue weighted by atomic mass is 32.2. The zero-order valence-corrected chi connectivity index (χ0v) is 10.4. The number of hydrogen-bond donors (Lipinski definition) is 1. The van der Waals surface area contributed by atoms with Gasteiger partial charge in [0.1, 0.15) is 5.75 Å². The molecule has 1 N–H and O–H groups in total. The molecule has 0 amide bonds. The van der Waals surface area contributed by atoms with Crippen molar-refractivity contribution in [3.05, 3.63) is 29.8 Å². The van der Waals surface area contributed by atoms with Crippen LogP contribution in [-0.2, 0) is 6.54 Å². The van der Waals surface area contributed by atoms with Crippen LogP contribution in [0.25, 0.3) is 0 Å². The van der Waals surface area contributed by atoms with Gasteiger partial charge in [-0.25, -0.2) is 0 Å². The molecule has 1 saturated heterocycles. The quantitative estimate of drug-likeness (QED) is 0.874. The fourth-order valence-corrected chi connectivity index (χ4v) is 2.51. The van der Waals surface area contributed by atoms with Gasteiger partial charge in [-0.2, -0.15) is 0 Å². The largest absolute Gasteiger partial charge is 0.496 e. The Morgan fingerprint density at radius 3 is 3.00 bits per heavy atom. The van der Waals surface area contributed by atoms with E-state index in [1.165, 1.54) is 0 Å². The Bertz CT molecular complexity index is 392. The topological polar surface area (TPSA) is 33.6 Å². The van der Waals surface area contributed by atoms with Gasteiger partial charge in [0.05, 0.1) is 13.7 Å². The first-order valence-corrected chi connectivity index (χ1v) is 6.34. The molecule has 1 unspecified atom stereocenters. The summed E-state index contributed by atoms with van der Waals surface area (Å²) < 4.78 is 5.29. The zero-order chi connectivity index (χ0) is 11.4. The molecule has 1 aromatic rings. The van der Waals surface area contributed by atoms with Crippen molar-refractivity contribution in [1.82, 2.24) is 5.32 Å². The smallest absolute Gasteiger partial charge is 0.157 e. The van der Waals surface area contributed by atoms with Crippen molar-refractivity contribution in [3.63, 3.8) is 0 Å². The number of benzene rings is 1. The summed E-state index contributed by atoms with van der Waals surface area (Å²) in [5, 5.41) is 4.37. The second-order valence-corrected chi connectivity index (χ2v) is 4.80. The fourth-order valence-electron chi connectivity index (χ4n) is 1.58. The molecule has 0 aromatic heterocycles. The Morgan fingerprint density at radius 2 is 2.31 bits per heavy atom. The SMILES string of the molecule is COc1ccccc1CN=C1NC(C)CS1. The molecule has 1 aliphatic heterocycles. The molecule has 0 saturated carbocycles. The van der Waals surface area contributed by atoms with Crippen LogP contribution in [0.1, 0.15) is 12.5 Å². The van der Waals surface area contributed by atoms with E-state index in [4.69, 9.17) is 4.74 Å². The van der Waals surface area contributed by atoms with Gasteiger partial charge < -0.3 is 10.1 Å². The van der Waals surface area contributed by atoms with E-state index in [-0.39, 0.29) is 0 Å². The number of aliphatic imine (C=N–C) groups is 1. The Labute approximate surface area is 100 Å². The molecule has 1 atom stereocenters. The number of rotatable bonds is 3. The number of nitrogens with one attached hydrogen (secondary N) is 1. The Morgan fingerprint density at radius 1 is 1.50 bits per heavy atom. The van der Waals surface area contributed by atoms with Gasteiger partial charge in [0.15, 0.2) is 5.17 Å². The fraction of sp³-hybridized carbons (Fsp3) is 0.417. The summed E-state index contributed by atoms with van der Waals surface area (Å²) in [6, 6.07) is 8.52. The van der Waals surface area contributed by atoms with E-state index in [0.717, 1.165) is 22.2 Å². The number of nitrogens with zero attached hydrogens (tertiary/aromatic N) is 1. The number of para-hydroxylation sites is 1. The van der Waals surface area contributed by atoms with E-state index in [0.29, 0.717) is 12.6 Å². The van der Waals surface area contributed by atoms with Crippen molar-refractivity contribution < 1.29 is 4.74 Å². The summed E-state index contributed by atoms with van der Waals surface area (Å²) >= 11 is 1.78. The minimum atomic E-state index is 0.529. The number of hydrogen-bond acceptors (Lipinski definition) is 3. The Hall–Kier alpha value is -1.16. The van der Waals surface area contributed by atoms with Gasteiger partial charge in [0, 0.05) is 17.4 Å². The minimum Gasteiger partial charge on any atom is -0.496 e. The van der Waals surface area contributed by atoms with E-state index >= 15 is 0 Å². The highest BCUT2D eigenvalue weighted by molar-refractivity contribution is 8.14.